The molecule has 3 rings (SSSR count). The lowest BCUT2D eigenvalue weighted by molar-refractivity contribution is 0.507. The molecule has 10 heteroatoms. The number of nitrogens with two attached hydrogens (primary N) is 2. The minimum absolute atomic E-state index is 0.103. The standard InChI is InChI=1S/C16H18N6O3S/c1-9(2)26(23,24)11-5-3-10(4-6-11)12-8-19-15(18)14(20-12)16-22-21-13(7-17)25-16/h3-6,8-9H,7,17H2,1-2H3,(H2,18,19). The van der Waals surface area contributed by atoms with E-state index in [4.69, 9.17) is 15.9 Å². The van der Waals surface area contributed by atoms with Crippen molar-refractivity contribution >= 4 is 15.7 Å². The van der Waals surface area contributed by atoms with Gasteiger partial charge in [-0.25, -0.2) is 18.4 Å². The van der Waals surface area contributed by atoms with Crippen LogP contribution in [0, 0.1) is 0 Å². The Balaban J connectivity index is 1.99. The van der Waals surface area contributed by atoms with Gasteiger partial charge in [0.25, 0.3) is 5.89 Å². The first-order valence-corrected chi connectivity index (χ1v) is 9.37. The molecule has 0 saturated heterocycles. The molecular formula is C16H18N6O3S. The molecule has 0 atom stereocenters. The highest BCUT2D eigenvalue weighted by molar-refractivity contribution is 7.92. The number of aromatic nitrogens is 4. The van der Waals surface area contributed by atoms with E-state index in [0.29, 0.717) is 11.3 Å². The van der Waals surface area contributed by atoms with Gasteiger partial charge in [0, 0.05) is 5.56 Å². The Morgan fingerprint density at radius 1 is 1.15 bits per heavy atom. The molecule has 2 aromatic heterocycles. The molecule has 1 aromatic carbocycles. The van der Waals surface area contributed by atoms with Gasteiger partial charge in [0.05, 0.1) is 28.6 Å². The van der Waals surface area contributed by atoms with Crippen molar-refractivity contribution in [2.75, 3.05) is 5.73 Å². The van der Waals surface area contributed by atoms with Gasteiger partial charge in [-0.1, -0.05) is 12.1 Å². The average Bonchev–Trinajstić information content (AvgIpc) is 3.11. The van der Waals surface area contributed by atoms with Gasteiger partial charge in [-0.15, -0.1) is 10.2 Å². The van der Waals surface area contributed by atoms with Crippen LogP contribution < -0.4 is 11.5 Å². The third-order valence-corrected chi connectivity index (χ3v) is 5.91. The molecule has 0 radical (unpaired) electrons. The van der Waals surface area contributed by atoms with Crippen molar-refractivity contribution in [2.45, 2.75) is 30.5 Å². The van der Waals surface area contributed by atoms with E-state index >= 15 is 0 Å². The van der Waals surface area contributed by atoms with E-state index in [1.807, 2.05) is 0 Å². The van der Waals surface area contributed by atoms with Crippen LogP contribution in [0.3, 0.4) is 0 Å². The minimum atomic E-state index is -3.34. The van der Waals surface area contributed by atoms with Crippen LogP contribution in [0.4, 0.5) is 5.82 Å². The molecule has 9 nitrogen and oxygen atoms in total. The molecule has 2 heterocycles. The molecule has 0 fully saturated rings. The smallest absolute Gasteiger partial charge is 0.270 e. The van der Waals surface area contributed by atoms with Crippen molar-refractivity contribution in [1.29, 1.82) is 0 Å². The van der Waals surface area contributed by atoms with E-state index in [1.165, 1.54) is 6.20 Å². The number of hydrogen-bond donors (Lipinski definition) is 2. The molecule has 0 saturated carbocycles. The highest BCUT2D eigenvalue weighted by Crippen LogP contribution is 2.26. The van der Waals surface area contributed by atoms with Gasteiger partial charge < -0.3 is 15.9 Å². The first kappa shape index (κ1) is 18.0. The van der Waals surface area contributed by atoms with Crippen molar-refractivity contribution in [3.63, 3.8) is 0 Å². The molecule has 3 aromatic rings. The fraction of sp³-hybridized carbons (Fsp3) is 0.250. The lowest BCUT2D eigenvalue weighted by Gasteiger charge is -2.09. The Kier molecular flexibility index (Phi) is 4.70. The first-order valence-electron chi connectivity index (χ1n) is 7.82. The van der Waals surface area contributed by atoms with Crippen molar-refractivity contribution < 1.29 is 12.8 Å². The molecule has 0 bridgehead atoms. The number of nitrogen functional groups attached to an aromatic ring is 1. The highest BCUT2D eigenvalue weighted by atomic mass is 32.2. The van der Waals surface area contributed by atoms with Crippen LogP contribution in [0.15, 0.2) is 39.8 Å². The van der Waals surface area contributed by atoms with E-state index in [-0.39, 0.29) is 34.7 Å². The van der Waals surface area contributed by atoms with Gasteiger partial charge in [0.1, 0.15) is 0 Å². The summed E-state index contributed by atoms with van der Waals surface area (Å²) in [5.74, 6) is 0.520. The molecule has 4 N–H and O–H groups in total. The van der Waals surface area contributed by atoms with Crippen molar-refractivity contribution in [1.82, 2.24) is 20.2 Å². The maximum atomic E-state index is 12.2. The molecule has 0 spiro atoms. The molecule has 0 unspecified atom stereocenters. The SMILES string of the molecule is CC(C)S(=O)(=O)c1ccc(-c2cnc(N)c(-c3nnc(CN)o3)n2)cc1. The predicted octanol–water partition coefficient (Wildman–Crippen LogP) is 1.42. The second-order valence-corrected chi connectivity index (χ2v) is 8.32. The maximum absolute atomic E-state index is 12.2. The van der Waals surface area contributed by atoms with Crippen molar-refractivity contribution in [3.05, 3.63) is 36.4 Å². The summed E-state index contributed by atoms with van der Waals surface area (Å²) in [6, 6.07) is 6.42. The fourth-order valence-electron chi connectivity index (χ4n) is 2.21. The van der Waals surface area contributed by atoms with E-state index in [9.17, 15) is 8.42 Å². The Morgan fingerprint density at radius 3 is 2.42 bits per heavy atom. The highest BCUT2D eigenvalue weighted by Gasteiger charge is 2.19. The molecule has 0 aliphatic rings. The lowest BCUT2D eigenvalue weighted by atomic mass is 10.1. The van der Waals surface area contributed by atoms with Gasteiger partial charge in [-0.05, 0) is 26.0 Å². The zero-order valence-electron chi connectivity index (χ0n) is 14.2. The van der Waals surface area contributed by atoms with Gasteiger partial charge in [-0.3, -0.25) is 0 Å². The Hall–Kier alpha value is -2.85. The molecular weight excluding hydrogens is 356 g/mol. The second-order valence-electron chi connectivity index (χ2n) is 5.81. The summed E-state index contributed by atoms with van der Waals surface area (Å²) in [5, 5.41) is 7.14. The first-order chi connectivity index (χ1) is 12.3. The third-order valence-electron chi connectivity index (χ3n) is 3.74. The van der Waals surface area contributed by atoms with Gasteiger partial charge in [0.15, 0.2) is 21.3 Å². The van der Waals surface area contributed by atoms with Crippen molar-refractivity contribution in [2.24, 2.45) is 5.73 Å². The van der Waals surface area contributed by atoms with Gasteiger partial charge in [0.2, 0.25) is 5.89 Å². The molecule has 26 heavy (non-hydrogen) atoms. The van der Waals surface area contributed by atoms with E-state index in [0.717, 1.165) is 0 Å². The summed E-state index contributed by atoms with van der Waals surface area (Å²) >= 11 is 0. The molecule has 136 valence electrons. The number of hydrogen-bond acceptors (Lipinski definition) is 9. The molecule has 0 amide bonds. The van der Waals surface area contributed by atoms with Crippen LogP contribution >= 0.6 is 0 Å². The largest absolute Gasteiger partial charge is 0.418 e. The monoisotopic (exact) mass is 374 g/mol. The summed E-state index contributed by atoms with van der Waals surface area (Å²) in [7, 11) is -3.34. The average molecular weight is 374 g/mol. The zero-order chi connectivity index (χ0) is 18.9. The summed E-state index contributed by atoms with van der Waals surface area (Å²) in [4.78, 5) is 8.77. The summed E-state index contributed by atoms with van der Waals surface area (Å²) in [6.07, 6.45) is 1.49. The summed E-state index contributed by atoms with van der Waals surface area (Å²) in [6.45, 7) is 3.38. The molecule has 0 aliphatic heterocycles. The zero-order valence-corrected chi connectivity index (χ0v) is 15.1. The Morgan fingerprint density at radius 2 is 1.85 bits per heavy atom. The number of anilines is 1. The van der Waals surface area contributed by atoms with E-state index in [1.54, 1.807) is 38.1 Å². The fourth-order valence-corrected chi connectivity index (χ4v) is 3.27. The third kappa shape index (κ3) is 3.28. The minimum Gasteiger partial charge on any atom is -0.418 e. The maximum Gasteiger partial charge on any atom is 0.270 e. The topological polar surface area (TPSA) is 151 Å². The second kappa shape index (κ2) is 6.81. The Bertz CT molecular complexity index is 1030. The summed E-state index contributed by atoms with van der Waals surface area (Å²) < 4.78 is 29.8. The van der Waals surface area contributed by atoms with Crippen LogP contribution in [0.2, 0.25) is 0 Å². The van der Waals surface area contributed by atoms with Gasteiger partial charge in [-0.2, -0.15) is 0 Å². The summed E-state index contributed by atoms with van der Waals surface area (Å²) in [5.41, 5.74) is 12.7. The van der Waals surface area contributed by atoms with Crippen LogP contribution in [0.25, 0.3) is 22.8 Å². The van der Waals surface area contributed by atoms with Crippen LogP contribution in [-0.2, 0) is 16.4 Å². The van der Waals surface area contributed by atoms with Gasteiger partial charge >= 0.3 is 0 Å². The van der Waals surface area contributed by atoms with E-state index < -0.39 is 15.1 Å². The number of benzene rings is 1. The quantitative estimate of drug-likeness (QED) is 0.675. The Labute approximate surface area is 150 Å². The van der Waals surface area contributed by atoms with Crippen LogP contribution in [0.1, 0.15) is 19.7 Å². The van der Waals surface area contributed by atoms with Crippen LogP contribution in [0.5, 0.6) is 0 Å². The lowest BCUT2D eigenvalue weighted by Crippen LogP contribution is -2.13. The normalized spacial score (nSPS) is 11.8. The van der Waals surface area contributed by atoms with Crippen molar-refractivity contribution in [3.8, 4) is 22.8 Å². The number of sulfone groups is 1. The van der Waals surface area contributed by atoms with Crippen LogP contribution in [-0.4, -0.2) is 33.8 Å². The number of nitrogens with zero attached hydrogens (tertiary/aromatic N) is 4. The molecule has 0 aliphatic carbocycles. The predicted molar refractivity (Wildman–Crippen MR) is 95.4 cm³/mol. The van der Waals surface area contributed by atoms with E-state index in [2.05, 4.69) is 20.2 Å². The number of rotatable bonds is 5.